The molecule has 3 nitrogen and oxygen atoms in total. The molecular weight excluding hydrogens is 202 g/mol. The molecule has 0 fully saturated rings. The average molecular weight is 221 g/mol. The number of carboxylic acids is 1. The third kappa shape index (κ3) is 3.07. The largest absolute Gasteiger partial charge is 0.480 e. The fraction of sp³-hybridized carbons (Fsp3) is 0.462. The van der Waals surface area contributed by atoms with Gasteiger partial charge in [0, 0.05) is 0 Å². The van der Waals surface area contributed by atoms with Gasteiger partial charge in [0.1, 0.15) is 6.04 Å². The standard InChI is InChI=1S/C13H19NO2/c1-9-5-6-11(7-10(9)2)8-12(13(15)16)14(3)4/h5-7,12H,8H2,1-4H3,(H,15,16). The molecule has 0 heterocycles. The van der Waals surface area contributed by atoms with Gasteiger partial charge in [0.2, 0.25) is 0 Å². The van der Waals surface area contributed by atoms with Gasteiger partial charge in [0.05, 0.1) is 0 Å². The minimum absolute atomic E-state index is 0.456. The third-order valence-corrected chi connectivity index (χ3v) is 2.91. The molecular formula is C13H19NO2. The number of nitrogens with zero attached hydrogens (tertiary/aromatic N) is 1. The van der Waals surface area contributed by atoms with Crippen molar-refractivity contribution in [3.8, 4) is 0 Å². The molecule has 1 aromatic carbocycles. The number of aryl methyl sites for hydroxylation is 2. The van der Waals surface area contributed by atoms with Gasteiger partial charge >= 0.3 is 5.97 Å². The second-order valence-electron chi connectivity index (χ2n) is 4.44. The van der Waals surface area contributed by atoms with E-state index < -0.39 is 12.0 Å². The van der Waals surface area contributed by atoms with Crippen molar-refractivity contribution in [3.05, 3.63) is 34.9 Å². The number of hydrogen-bond donors (Lipinski definition) is 1. The highest BCUT2D eigenvalue weighted by Gasteiger charge is 2.20. The lowest BCUT2D eigenvalue weighted by molar-refractivity contribution is -0.142. The highest BCUT2D eigenvalue weighted by Crippen LogP contribution is 2.13. The van der Waals surface area contributed by atoms with E-state index in [0.717, 1.165) is 5.56 Å². The summed E-state index contributed by atoms with van der Waals surface area (Å²) in [6.45, 7) is 4.10. The van der Waals surface area contributed by atoms with Crippen molar-refractivity contribution in [2.24, 2.45) is 0 Å². The van der Waals surface area contributed by atoms with E-state index in [1.165, 1.54) is 11.1 Å². The molecule has 0 aromatic heterocycles. The van der Waals surface area contributed by atoms with Crippen LogP contribution < -0.4 is 0 Å². The Hall–Kier alpha value is -1.35. The molecule has 0 aliphatic carbocycles. The lowest BCUT2D eigenvalue weighted by atomic mass is 10.0. The molecule has 0 saturated heterocycles. The van der Waals surface area contributed by atoms with Gasteiger partial charge in [0.15, 0.2) is 0 Å². The quantitative estimate of drug-likeness (QED) is 0.843. The normalized spacial score (nSPS) is 12.8. The van der Waals surface area contributed by atoms with Crippen LogP contribution in [0.5, 0.6) is 0 Å². The minimum atomic E-state index is -0.775. The molecule has 0 spiro atoms. The SMILES string of the molecule is Cc1ccc(CC(C(=O)O)N(C)C)cc1C. The van der Waals surface area contributed by atoms with Crippen molar-refractivity contribution < 1.29 is 9.90 Å². The Balaban J connectivity index is 2.86. The molecule has 0 aliphatic heterocycles. The first kappa shape index (κ1) is 12.7. The second kappa shape index (κ2) is 5.12. The van der Waals surface area contributed by atoms with Crippen molar-refractivity contribution >= 4 is 5.97 Å². The molecule has 1 unspecified atom stereocenters. The first-order valence-electron chi connectivity index (χ1n) is 5.37. The minimum Gasteiger partial charge on any atom is -0.480 e. The molecule has 1 N–H and O–H groups in total. The molecule has 0 bridgehead atoms. The third-order valence-electron chi connectivity index (χ3n) is 2.91. The lowest BCUT2D eigenvalue weighted by Crippen LogP contribution is -2.37. The Labute approximate surface area is 96.7 Å². The van der Waals surface area contributed by atoms with Crippen molar-refractivity contribution in [2.45, 2.75) is 26.3 Å². The number of hydrogen-bond acceptors (Lipinski definition) is 2. The number of aliphatic carboxylic acids is 1. The summed E-state index contributed by atoms with van der Waals surface area (Å²) >= 11 is 0. The van der Waals surface area contributed by atoms with Gasteiger partial charge in [-0.1, -0.05) is 18.2 Å². The van der Waals surface area contributed by atoms with E-state index in [-0.39, 0.29) is 0 Å². The zero-order chi connectivity index (χ0) is 12.3. The van der Waals surface area contributed by atoms with E-state index in [0.29, 0.717) is 6.42 Å². The monoisotopic (exact) mass is 221 g/mol. The maximum Gasteiger partial charge on any atom is 0.321 e. The molecule has 3 heteroatoms. The highest BCUT2D eigenvalue weighted by atomic mass is 16.4. The highest BCUT2D eigenvalue weighted by molar-refractivity contribution is 5.73. The van der Waals surface area contributed by atoms with Crippen LogP contribution in [-0.2, 0) is 11.2 Å². The van der Waals surface area contributed by atoms with Crippen LogP contribution >= 0.6 is 0 Å². The van der Waals surface area contributed by atoms with Crippen LogP contribution in [0.25, 0.3) is 0 Å². The van der Waals surface area contributed by atoms with Gasteiger partial charge in [0.25, 0.3) is 0 Å². The Morgan fingerprint density at radius 3 is 2.38 bits per heavy atom. The smallest absolute Gasteiger partial charge is 0.321 e. The van der Waals surface area contributed by atoms with Crippen LogP contribution in [-0.4, -0.2) is 36.1 Å². The average Bonchev–Trinajstić information content (AvgIpc) is 2.18. The summed E-state index contributed by atoms with van der Waals surface area (Å²) in [6, 6.07) is 5.65. The zero-order valence-corrected chi connectivity index (χ0v) is 10.3. The molecule has 0 radical (unpaired) electrons. The van der Waals surface area contributed by atoms with E-state index >= 15 is 0 Å². The summed E-state index contributed by atoms with van der Waals surface area (Å²) < 4.78 is 0. The van der Waals surface area contributed by atoms with Crippen LogP contribution in [0.2, 0.25) is 0 Å². The van der Waals surface area contributed by atoms with E-state index in [4.69, 9.17) is 5.11 Å². The summed E-state index contributed by atoms with van der Waals surface area (Å²) in [5, 5.41) is 9.09. The molecule has 16 heavy (non-hydrogen) atoms. The van der Waals surface area contributed by atoms with Crippen LogP contribution in [0.4, 0.5) is 0 Å². The number of likely N-dealkylation sites (N-methyl/N-ethyl adjacent to an activating group) is 1. The van der Waals surface area contributed by atoms with Crippen LogP contribution in [0.15, 0.2) is 18.2 Å². The van der Waals surface area contributed by atoms with Gasteiger partial charge in [-0.15, -0.1) is 0 Å². The van der Waals surface area contributed by atoms with Crippen molar-refractivity contribution in [1.29, 1.82) is 0 Å². The summed E-state index contributed by atoms with van der Waals surface area (Å²) in [7, 11) is 3.58. The first-order valence-corrected chi connectivity index (χ1v) is 5.37. The second-order valence-corrected chi connectivity index (χ2v) is 4.44. The van der Waals surface area contributed by atoms with Gasteiger partial charge in [-0.05, 0) is 51.1 Å². The topological polar surface area (TPSA) is 40.5 Å². The van der Waals surface area contributed by atoms with E-state index in [1.54, 1.807) is 19.0 Å². The summed E-state index contributed by atoms with van der Waals surface area (Å²) in [5.74, 6) is -0.775. The summed E-state index contributed by atoms with van der Waals surface area (Å²) in [6.07, 6.45) is 0.545. The maximum absolute atomic E-state index is 11.1. The van der Waals surface area contributed by atoms with Gasteiger partial charge in [-0.3, -0.25) is 9.69 Å². The Kier molecular flexibility index (Phi) is 4.07. The fourth-order valence-corrected chi connectivity index (χ4v) is 1.64. The molecule has 1 rings (SSSR count). The van der Waals surface area contributed by atoms with Crippen molar-refractivity contribution in [1.82, 2.24) is 4.90 Å². The Bertz CT molecular complexity index is 386. The predicted octanol–water partition coefficient (Wildman–Crippen LogP) is 1.86. The predicted molar refractivity (Wildman–Crippen MR) is 64.7 cm³/mol. The van der Waals surface area contributed by atoms with Crippen molar-refractivity contribution in [3.63, 3.8) is 0 Å². The van der Waals surface area contributed by atoms with E-state index in [1.807, 2.05) is 19.1 Å². The molecule has 1 aromatic rings. The summed E-state index contributed by atoms with van der Waals surface area (Å²) in [5.41, 5.74) is 3.52. The van der Waals surface area contributed by atoms with E-state index in [2.05, 4.69) is 13.0 Å². The van der Waals surface area contributed by atoms with Crippen LogP contribution in [0, 0.1) is 13.8 Å². The number of carboxylic acid groups (broad SMARTS) is 1. The zero-order valence-electron chi connectivity index (χ0n) is 10.3. The Morgan fingerprint density at radius 2 is 1.94 bits per heavy atom. The van der Waals surface area contributed by atoms with Crippen molar-refractivity contribution in [2.75, 3.05) is 14.1 Å². The lowest BCUT2D eigenvalue weighted by Gasteiger charge is -2.20. The van der Waals surface area contributed by atoms with E-state index in [9.17, 15) is 4.79 Å². The van der Waals surface area contributed by atoms with Crippen LogP contribution in [0.1, 0.15) is 16.7 Å². The number of rotatable bonds is 4. The van der Waals surface area contributed by atoms with Crippen LogP contribution in [0.3, 0.4) is 0 Å². The van der Waals surface area contributed by atoms with Gasteiger partial charge in [-0.25, -0.2) is 0 Å². The molecule has 0 amide bonds. The fourth-order valence-electron chi connectivity index (χ4n) is 1.64. The Morgan fingerprint density at radius 1 is 1.31 bits per heavy atom. The maximum atomic E-state index is 11.1. The molecule has 88 valence electrons. The molecule has 0 aliphatic rings. The van der Waals surface area contributed by atoms with Gasteiger partial charge < -0.3 is 5.11 Å². The number of benzene rings is 1. The molecule has 1 atom stereocenters. The van der Waals surface area contributed by atoms with Gasteiger partial charge in [-0.2, -0.15) is 0 Å². The number of carbonyl (C=O) groups is 1. The first-order chi connectivity index (χ1) is 7.41. The summed E-state index contributed by atoms with van der Waals surface area (Å²) in [4.78, 5) is 12.8. The molecule has 0 saturated carbocycles.